The van der Waals surface area contributed by atoms with Crippen molar-refractivity contribution in [3.05, 3.63) is 95.2 Å². The van der Waals surface area contributed by atoms with Crippen molar-refractivity contribution in [3.63, 3.8) is 0 Å². The molecule has 0 radical (unpaired) electrons. The summed E-state index contributed by atoms with van der Waals surface area (Å²) in [6.07, 6.45) is 3.89. The predicted octanol–water partition coefficient (Wildman–Crippen LogP) is 5.46. The summed E-state index contributed by atoms with van der Waals surface area (Å²) >= 11 is 0. The predicted molar refractivity (Wildman–Crippen MR) is 116 cm³/mol. The number of halogens is 4. The van der Waals surface area contributed by atoms with E-state index in [0.29, 0.717) is 11.4 Å². The summed E-state index contributed by atoms with van der Waals surface area (Å²) in [6, 6.07) is 10.4. The minimum absolute atomic E-state index is 0.00296. The number of benzene rings is 2. The Morgan fingerprint density at radius 2 is 1.74 bits per heavy atom. The van der Waals surface area contributed by atoms with Gasteiger partial charge in [0.1, 0.15) is 18.1 Å². The molecule has 0 saturated carbocycles. The van der Waals surface area contributed by atoms with Crippen LogP contribution in [0.1, 0.15) is 28.8 Å². The third-order valence-electron chi connectivity index (χ3n) is 4.90. The number of ether oxygens (including phenoxy) is 2. The number of hydrogen-bond acceptors (Lipinski definition) is 5. The molecule has 0 spiro atoms. The maximum atomic E-state index is 13.7. The van der Waals surface area contributed by atoms with Crippen LogP contribution < -0.4 is 14.8 Å². The van der Waals surface area contributed by atoms with E-state index in [1.807, 2.05) is 24.3 Å². The number of anilines is 1. The van der Waals surface area contributed by atoms with Crippen LogP contribution in [0.4, 0.5) is 23.2 Å². The SMILES string of the molecule is CCc1ccc(OCn2cc(NC(=O)c3ccc(COc4c(F)c(F)cc(F)c4F)o3)cn2)cc1. The molecule has 4 rings (SSSR count). The number of carbonyl (C=O) groups excluding carboxylic acids is 1. The first kappa shape index (κ1) is 23.9. The summed E-state index contributed by atoms with van der Waals surface area (Å²) in [6.45, 7) is 1.61. The fraction of sp³-hybridized carbons (Fsp3) is 0.167. The Morgan fingerprint density at radius 3 is 2.43 bits per heavy atom. The quantitative estimate of drug-likeness (QED) is 0.250. The number of hydrogen-bond donors (Lipinski definition) is 1. The second-order valence-electron chi connectivity index (χ2n) is 7.35. The van der Waals surface area contributed by atoms with Crippen LogP contribution in [0.3, 0.4) is 0 Å². The number of aryl methyl sites for hydroxylation is 1. The van der Waals surface area contributed by atoms with Gasteiger partial charge in [0.2, 0.25) is 11.6 Å². The van der Waals surface area contributed by atoms with Gasteiger partial charge in [-0.2, -0.15) is 13.9 Å². The van der Waals surface area contributed by atoms with Crippen LogP contribution in [0.2, 0.25) is 0 Å². The summed E-state index contributed by atoms with van der Waals surface area (Å²) < 4.78 is 71.2. The highest BCUT2D eigenvalue weighted by Gasteiger charge is 2.21. The van der Waals surface area contributed by atoms with Gasteiger partial charge in [-0.25, -0.2) is 13.5 Å². The minimum Gasteiger partial charge on any atom is -0.479 e. The van der Waals surface area contributed by atoms with Crippen LogP contribution >= 0.6 is 0 Å². The van der Waals surface area contributed by atoms with Gasteiger partial charge in [0, 0.05) is 6.07 Å². The van der Waals surface area contributed by atoms with Crippen molar-refractivity contribution in [2.75, 3.05) is 5.32 Å². The normalized spacial score (nSPS) is 10.9. The molecular formula is C24H19F4N3O4. The third kappa shape index (κ3) is 5.62. The van der Waals surface area contributed by atoms with Gasteiger partial charge < -0.3 is 19.2 Å². The lowest BCUT2D eigenvalue weighted by molar-refractivity contribution is 0.0992. The van der Waals surface area contributed by atoms with Gasteiger partial charge in [-0.3, -0.25) is 4.79 Å². The Balaban J connectivity index is 1.32. The van der Waals surface area contributed by atoms with E-state index in [0.717, 1.165) is 6.42 Å². The monoisotopic (exact) mass is 489 g/mol. The largest absolute Gasteiger partial charge is 0.479 e. The first-order valence-electron chi connectivity index (χ1n) is 10.4. The second kappa shape index (κ2) is 10.3. The van der Waals surface area contributed by atoms with Crippen LogP contribution in [0.25, 0.3) is 0 Å². The van der Waals surface area contributed by atoms with E-state index in [9.17, 15) is 22.4 Å². The van der Waals surface area contributed by atoms with Gasteiger partial charge in [-0.1, -0.05) is 19.1 Å². The lowest BCUT2D eigenvalue weighted by Gasteiger charge is -2.08. The maximum absolute atomic E-state index is 13.7. The molecule has 1 amide bonds. The summed E-state index contributed by atoms with van der Waals surface area (Å²) in [5, 5.41) is 6.69. The van der Waals surface area contributed by atoms with Gasteiger partial charge in [0.15, 0.2) is 29.9 Å². The number of nitrogens with zero attached hydrogens (tertiary/aromatic N) is 2. The Morgan fingerprint density at radius 1 is 1.03 bits per heavy atom. The van der Waals surface area contributed by atoms with E-state index in [1.54, 1.807) is 6.20 Å². The zero-order valence-electron chi connectivity index (χ0n) is 18.4. The summed E-state index contributed by atoms with van der Waals surface area (Å²) in [5.74, 6) is -7.85. The number of carbonyl (C=O) groups is 1. The average molecular weight is 489 g/mol. The Hall–Kier alpha value is -4.28. The van der Waals surface area contributed by atoms with Gasteiger partial charge in [-0.15, -0.1) is 0 Å². The van der Waals surface area contributed by atoms with Gasteiger partial charge in [-0.05, 0) is 36.2 Å². The van der Waals surface area contributed by atoms with Crippen LogP contribution in [0.15, 0.2) is 59.3 Å². The van der Waals surface area contributed by atoms with E-state index in [1.165, 1.54) is 28.6 Å². The van der Waals surface area contributed by atoms with E-state index >= 15 is 0 Å². The molecular weight excluding hydrogens is 470 g/mol. The molecule has 7 nitrogen and oxygen atoms in total. The summed E-state index contributed by atoms with van der Waals surface area (Å²) in [4.78, 5) is 12.4. The molecule has 2 aromatic carbocycles. The highest BCUT2D eigenvalue weighted by molar-refractivity contribution is 6.02. The molecule has 0 bridgehead atoms. The number of nitrogens with one attached hydrogen (secondary N) is 1. The number of furan rings is 1. The van der Waals surface area contributed by atoms with Crippen LogP contribution in [-0.4, -0.2) is 15.7 Å². The van der Waals surface area contributed by atoms with Crippen molar-refractivity contribution in [1.82, 2.24) is 9.78 Å². The topological polar surface area (TPSA) is 78.5 Å². The van der Waals surface area contributed by atoms with E-state index < -0.39 is 41.5 Å². The molecule has 2 heterocycles. The molecule has 0 aliphatic heterocycles. The van der Waals surface area contributed by atoms with Crippen molar-refractivity contribution < 1.29 is 36.2 Å². The molecule has 0 aliphatic rings. The molecule has 4 aromatic rings. The number of rotatable bonds is 9. The molecule has 1 N–H and O–H groups in total. The zero-order chi connectivity index (χ0) is 24.9. The van der Waals surface area contributed by atoms with E-state index in [-0.39, 0.29) is 24.3 Å². The van der Waals surface area contributed by atoms with Crippen molar-refractivity contribution in [2.24, 2.45) is 0 Å². The van der Waals surface area contributed by atoms with Crippen molar-refractivity contribution in [1.29, 1.82) is 0 Å². The standard InChI is InChI=1S/C24H19F4N3O4/c1-2-14-3-5-16(6-4-14)34-13-31-11-15(10-29-31)30-24(32)20-8-7-17(35-20)12-33-23-21(27)18(25)9-19(26)22(23)28/h3-11H,2,12-13H2,1H3,(H,30,32). The number of aromatic nitrogens is 2. The van der Waals surface area contributed by atoms with E-state index in [4.69, 9.17) is 13.9 Å². The molecule has 0 fully saturated rings. The van der Waals surface area contributed by atoms with E-state index in [2.05, 4.69) is 17.3 Å². The zero-order valence-corrected chi connectivity index (χ0v) is 18.4. The van der Waals surface area contributed by atoms with Gasteiger partial charge in [0.05, 0.1) is 18.1 Å². The van der Waals surface area contributed by atoms with Gasteiger partial charge in [0.25, 0.3) is 5.91 Å². The maximum Gasteiger partial charge on any atom is 0.291 e. The smallest absolute Gasteiger partial charge is 0.291 e. The minimum atomic E-state index is -1.67. The lowest BCUT2D eigenvalue weighted by atomic mass is 10.2. The summed E-state index contributed by atoms with van der Waals surface area (Å²) in [5.41, 5.74) is 1.56. The van der Waals surface area contributed by atoms with Crippen LogP contribution in [0, 0.1) is 23.3 Å². The third-order valence-corrected chi connectivity index (χ3v) is 4.90. The fourth-order valence-corrected chi connectivity index (χ4v) is 3.05. The lowest BCUT2D eigenvalue weighted by Crippen LogP contribution is -2.10. The highest BCUT2D eigenvalue weighted by atomic mass is 19.2. The van der Waals surface area contributed by atoms with Crippen molar-refractivity contribution in [3.8, 4) is 11.5 Å². The number of amides is 1. The van der Waals surface area contributed by atoms with Crippen LogP contribution in [0.5, 0.6) is 11.5 Å². The van der Waals surface area contributed by atoms with Crippen LogP contribution in [-0.2, 0) is 19.8 Å². The molecule has 35 heavy (non-hydrogen) atoms. The molecule has 2 aromatic heterocycles. The molecule has 0 aliphatic carbocycles. The fourth-order valence-electron chi connectivity index (χ4n) is 3.05. The Bertz CT molecular complexity index is 1310. The first-order chi connectivity index (χ1) is 16.8. The summed E-state index contributed by atoms with van der Waals surface area (Å²) in [7, 11) is 0. The molecule has 182 valence electrons. The molecule has 0 atom stereocenters. The van der Waals surface area contributed by atoms with Crippen molar-refractivity contribution in [2.45, 2.75) is 26.7 Å². The molecule has 0 saturated heterocycles. The van der Waals surface area contributed by atoms with Crippen molar-refractivity contribution >= 4 is 11.6 Å². The molecule has 11 heteroatoms. The average Bonchev–Trinajstić information content (AvgIpc) is 3.51. The second-order valence-corrected chi connectivity index (χ2v) is 7.35. The highest BCUT2D eigenvalue weighted by Crippen LogP contribution is 2.27. The first-order valence-corrected chi connectivity index (χ1v) is 10.4. The Kier molecular flexibility index (Phi) is 7.04. The Labute approximate surface area is 196 Å². The van der Waals surface area contributed by atoms with Gasteiger partial charge >= 0.3 is 0 Å². The molecule has 0 unspecified atom stereocenters.